The third-order valence-electron chi connectivity index (χ3n) is 12.9. The molecule has 0 aliphatic heterocycles. The van der Waals surface area contributed by atoms with E-state index in [0.29, 0.717) is 0 Å². The van der Waals surface area contributed by atoms with Crippen molar-refractivity contribution < 1.29 is 0 Å². The first kappa shape index (κ1) is 37.3. The molecule has 1 heteroatoms. The fourth-order valence-electron chi connectivity index (χ4n) is 9.83. The Bertz CT molecular complexity index is 3230. The van der Waals surface area contributed by atoms with Crippen LogP contribution in [0.2, 0.25) is 0 Å². The first-order valence-corrected chi connectivity index (χ1v) is 21.6. The molecule has 11 rings (SSSR count). The molecule has 62 heavy (non-hydrogen) atoms. The van der Waals surface area contributed by atoms with Crippen LogP contribution >= 0.6 is 0 Å². The van der Waals surface area contributed by atoms with Crippen LogP contribution in [0.1, 0.15) is 25.0 Å². The van der Waals surface area contributed by atoms with E-state index >= 15 is 0 Å². The third-order valence-corrected chi connectivity index (χ3v) is 12.9. The maximum Gasteiger partial charge on any atom is 0.0540 e. The SMILES string of the molecule is CC1(C)c2ccccc2-c2ccc(N(c3ccc(-c4ccc(-c5ccccc5)c(-c5ccccc5)c4)cc3)c3ccccc3-c3cccc4cccc(-c5ccccc5)c34)cc21. The molecule has 0 atom stereocenters. The fraction of sp³-hybridized carbons (Fsp3) is 0.0492. The Morgan fingerprint density at radius 1 is 0.290 bits per heavy atom. The summed E-state index contributed by atoms with van der Waals surface area (Å²) in [6, 6.07) is 86.6. The Kier molecular flexibility index (Phi) is 9.24. The molecule has 0 amide bonds. The van der Waals surface area contributed by atoms with Gasteiger partial charge < -0.3 is 4.90 Å². The maximum absolute atomic E-state index is 2.47. The predicted octanol–water partition coefficient (Wildman–Crippen LogP) is 17.0. The van der Waals surface area contributed by atoms with E-state index in [0.717, 1.165) is 17.1 Å². The number of anilines is 3. The molecule has 0 radical (unpaired) electrons. The van der Waals surface area contributed by atoms with Crippen molar-refractivity contribution in [1.82, 2.24) is 0 Å². The number of hydrogen-bond donors (Lipinski definition) is 0. The summed E-state index contributed by atoms with van der Waals surface area (Å²) < 4.78 is 0. The zero-order valence-electron chi connectivity index (χ0n) is 35.0. The fourth-order valence-corrected chi connectivity index (χ4v) is 9.83. The van der Waals surface area contributed by atoms with Crippen LogP contribution in [0.4, 0.5) is 17.1 Å². The molecule has 0 fully saturated rings. The van der Waals surface area contributed by atoms with Gasteiger partial charge in [-0.15, -0.1) is 0 Å². The Hall–Kier alpha value is -7.74. The number of hydrogen-bond acceptors (Lipinski definition) is 1. The molecule has 0 aromatic heterocycles. The van der Waals surface area contributed by atoms with E-state index in [1.165, 1.54) is 88.7 Å². The highest BCUT2D eigenvalue weighted by Gasteiger charge is 2.36. The summed E-state index contributed by atoms with van der Waals surface area (Å²) in [4.78, 5) is 2.47. The van der Waals surface area contributed by atoms with Crippen molar-refractivity contribution >= 4 is 27.8 Å². The van der Waals surface area contributed by atoms with Crippen molar-refractivity contribution in [3.05, 3.63) is 248 Å². The Morgan fingerprint density at radius 3 is 1.48 bits per heavy atom. The summed E-state index contributed by atoms with van der Waals surface area (Å²) in [5.74, 6) is 0. The van der Waals surface area contributed by atoms with E-state index in [1.54, 1.807) is 0 Å². The van der Waals surface area contributed by atoms with Crippen molar-refractivity contribution in [3.63, 3.8) is 0 Å². The van der Waals surface area contributed by atoms with Crippen molar-refractivity contribution in [2.75, 3.05) is 4.90 Å². The molecular formula is C61H45N. The summed E-state index contributed by atoms with van der Waals surface area (Å²) in [7, 11) is 0. The Balaban J connectivity index is 1.08. The van der Waals surface area contributed by atoms with Crippen LogP contribution in [0.25, 0.3) is 77.5 Å². The standard InChI is InChI=1S/C61H45N/c1-61(2)57-30-14-12-26-52(57)53-39-37-49(41-58(53)61)62(59-31-15-13-27-54(59)55-29-17-25-46-24-16-28-51(60(46)55)44-20-8-4-9-21-44)48-35-32-42(33-36-48)47-34-38-50(43-18-6-3-7-19-43)56(40-47)45-22-10-5-11-23-45/h3-41H,1-2H3. The first-order chi connectivity index (χ1) is 30.5. The van der Waals surface area contributed by atoms with Crippen LogP contribution in [-0.4, -0.2) is 0 Å². The van der Waals surface area contributed by atoms with Crippen LogP contribution in [0.3, 0.4) is 0 Å². The molecule has 294 valence electrons. The van der Waals surface area contributed by atoms with Crippen molar-refractivity contribution in [3.8, 4) is 66.8 Å². The molecule has 1 aliphatic carbocycles. The zero-order chi connectivity index (χ0) is 41.6. The number of nitrogens with zero attached hydrogens (tertiary/aromatic N) is 1. The second kappa shape index (κ2) is 15.4. The average Bonchev–Trinajstić information content (AvgIpc) is 3.57. The van der Waals surface area contributed by atoms with Gasteiger partial charge in [0.25, 0.3) is 0 Å². The first-order valence-electron chi connectivity index (χ1n) is 21.6. The van der Waals surface area contributed by atoms with Gasteiger partial charge in [-0.1, -0.05) is 214 Å². The lowest BCUT2D eigenvalue weighted by Crippen LogP contribution is -2.16. The molecule has 0 N–H and O–H groups in total. The van der Waals surface area contributed by atoms with E-state index in [9.17, 15) is 0 Å². The molecule has 0 bridgehead atoms. The highest BCUT2D eigenvalue weighted by Crippen LogP contribution is 2.52. The molecule has 0 saturated carbocycles. The van der Waals surface area contributed by atoms with Gasteiger partial charge in [0.05, 0.1) is 5.69 Å². The number of rotatable bonds is 8. The highest BCUT2D eigenvalue weighted by atomic mass is 15.1. The predicted molar refractivity (Wildman–Crippen MR) is 263 cm³/mol. The molecule has 10 aromatic rings. The molecule has 1 nitrogen and oxygen atoms in total. The molecule has 0 saturated heterocycles. The van der Waals surface area contributed by atoms with Crippen molar-refractivity contribution in [2.45, 2.75) is 19.3 Å². The lowest BCUT2D eigenvalue weighted by atomic mass is 9.82. The Labute approximate surface area is 364 Å². The van der Waals surface area contributed by atoms with Gasteiger partial charge in [-0.2, -0.15) is 0 Å². The lowest BCUT2D eigenvalue weighted by molar-refractivity contribution is 0.660. The van der Waals surface area contributed by atoms with Gasteiger partial charge in [0, 0.05) is 22.4 Å². The van der Waals surface area contributed by atoms with E-state index in [4.69, 9.17) is 0 Å². The minimum Gasteiger partial charge on any atom is -0.310 e. The zero-order valence-corrected chi connectivity index (χ0v) is 35.0. The average molecular weight is 792 g/mol. The summed E-state index contributed by atoms with van der Waals surface area (Å²) in [5.41, 5.74) is 20.6. The lowest BCUT2D eigenvalue weighted by Gasteiger charge is -2.30. The quantitative estimate of drug-likeness (QED) is 0.148. The summed E-state index contributed by atoms with van der Waals surface area (Å²) in [5, 5.41) is 2.47. The Morgan fingerprint density at radius 2 is 0.790 bits per heavy atom. The number of fused-ring (bicyclic) bond motifs is 4. The van der Waals surface area contributed by atoms with Gasteiger partial charge in [0.15, 0.2) is 0 Å². The van der Waals surface area contributed by atoms with Crippen molar-refractivity contribution in [1.29, 1.82) is 0 Å². The van der Waals surface area contributed by atoms with Gasteiger partial charge in [-0.05, 0) is 119 Å². The molecule has 0 spiro atoms. The summed E-state index contributed by atoms with van der Waals surface area (Å²) >= 11 is 0. The van der Waals surface area contributed by atoms with Gasteiger partial charge in [-0.3, -0.25) is 0 Å². The van der Waals surface area contributed by atoms with Crippen LogP contribution in [0.5, 0.6) is 0 Å². The van der Waals surface area contributed by atoms with E-state index in [2.05, 4.69) is 255 Å². The minimum absolute atomic E-state index is 0.139. The number of benzene rings is 10. The van der Waals surface area contributed by atoms with Gasteiger partial charge in [0.2, 0.25) is 0 Å². The molecule has 0 heterocycles. The van der Waals surface area contributed by atoms with E-state index < -0.39 is 0 Å². The normalized spacial score (nSPS) is 12.5. The van der Waals surface area contributed by atoms with Crippen LogP contribution in [0.15, 0.2) is 237 Å². The van der Waals surface area contributed by atoms with Crippen LogP contribution in [0, 0.1) is 0 Å². The smallest absolute Gasteiger partial charge is 0.0540 e. The molecule has 0 unspecified atom stereocenters. The van der Waals surface area contributed by atoms with Crippen LogP contribution < -0.4 is 4.90 Å². The summed E-state index contributed by atoms with van der Waals surface area (Å²) in [6.07, 6.45) is 0. The molecule has 1 aliphatic rings. The summed E-state index contributed by atoms with van der Waals surface area (Å²) in [6.45, 7) is 4.73. The monoisotopic (exact) mass is 791 g/mol. The topological polar surface area (TPSA) is 3.24 Å². The van der Waals surface area contributed by atoms with E-state index in [-0.39, 0.29) is 5.41 Å². The van der Waals surface area contributed by atoms with Gasteiger partial charge in [-0.25, -0.2) is 0 Å². The molecule has 10 aromatic carbocycles. The second-order valence-corrected chi connectivity index (χ2v) is 16.9. The van der Waals surface area contributed by atoms with Gasteiger partial charge >= 0.3 is 0 Å². The van der Waals surface area contributed by atoms with E-state index in [1.807, 2.05) is 0 Å². The number of para-hydroxylation sites is 1. The van der Waals surface area contributed by atoms with Crippen molar-refractivity contribution in [2.24, 2.45) is 0 Å². The largest absolute Gasteiger partial charge is 0.310 e. The molecular weight excluding hydrogens is 747 g/mol. The van der Waals surface area contributed by atoms with Crippen LogP contribution in [-0.2, 0) is 5.41 Å². The third kappa shape index (κ3) is 6.42. The van der Waals surface area contributed by atoms with Gasteiger partial charge in [0.1, 0.15) is 0 Å². The highest BCUT2D eigenvalue weighted by molar-refractivity contribution is 6.09. The maximum atomic E-state index is 2.47. The minimum atomic E-state index is -0.139. The second-order valence-electron chi connectivity index (χ2n) is 16.9.